The molecule has 0 bridgehead atoms. The van der Waals surface area contributed by atoms with Crippen LogP contribution in [0.15, 0.2) is 24.3 Å². The predicted molar refractivity (Wildman–Crippen MR) is 101 cm³/mol. The predicted octanol–water partition coefficient (Wildman–Crippen LogP) is 3.55. The number of nitrogens with zero attached hydrogens (tertiary/aromatic N) is 1. The minimum atomic E-state index is -0.547. The van der Waals surface area contributed by atoms with E-state index in [1.807, 2.05) is 31.2 Å². The van der Waals surface area contributed by atoms with Crippen LogP contribution in [-0.2, 0) is 19.7 Å². The number of hydrogen-bond donors (Lipinski definition) is 0. The molecule has 1 saturated heterocycles. The third kappa shape index (κ3) is 5.23. The molecule has 2 rings (SSSR count). The number of ether oxygens (including phenoxy) is 2. The molecule has 0 spiro atoms. The van der Waals surface area contributed by atoms with E-state index >= 15 is 0 Å². The van der Waals surface area contributed by atoms with Gasteiger partial charge in [-0.2, -0.15) is 0 Å². The summed E-state index contributed by atoms with van der Waals surface area (Å²) in [5.74, 6) is 0.412. The van der Waals surface area contributed by atoms with E-state index in [1.165, 1.54) is 5.56 Å². The SMILES string of the molecule is CCOC(=O)C1CCN(C(=O)C(C)Oc2ccc(C(C)(C)C)cc2)CC1. The summed E-state index contributed by atoms with van der Waals surface area (Å²) in [5.41, 5.74) is 1.31. The highest BCUT2D eigenvalue weighted by Gasteiger charge is 2.30. The molecule has 0 aliphatic carbocycles. The number of amides is 1. The molecular formula is C21H31NO4. The number of carbonyl (C=O) groups excluding carboxylic acids is 2. The van der Waals surface area contributed by atoms with E-state index in [9.17, 15) is 9.59 Å². The normalized spacial score (nSPS) is 16.9. The summed E-state index contributed by atoms with van der Waals surface area (Å²) in [7, 11) is 0. The highest BCUT2D eigenvalue weighted by Crippen LogP contribution is 2.25. The lowest BCUT2D eigenvalue weighted by molar-refractivity contribution is -0.152. The molecule has 26 heavy (non-hydrogen) atoms. The molecule has 1 fully saturated rings. The van der Waals surface area contributed by atoms with Crippen molar-refractivity contribution in [3.05, 3.63) is 29.8 Å². The Labute approximate surface area is 156 Å². The molecule has 1 aliphatic rings. The van der Waals surface area contributed by atoms with Crippen LogP contribution in [0.3, 0.4) is 0 Å². The Morgan fingerprint density at radius 2 is 1.73 bits per heavy atom. The molecule has 0 radical (unpaired) electrons. The minimum absolute atomic E-state index is 0.0350. The Kier molecular flexibility index (Phi) is 6.68. The van der Waals surface area contributed by atoms with Crippen molar-refractivity contribution in [1.29, 1.82) is 0 Å². The molecule has 1 aromatic rings. The lowest BCUT2D eigenvalue weighted by atomic mass is 9.87. The molecule has 5 heteroatoms. The van der Waals surface area contributed by atoms with E-state index in [0.29, 0.717) is 38.3 Å². The van der Waals surface area contributed by atoms with Crippen LogP contribution in [0, 0.1) is 5.92 Å². The fourth-order valence-electron chi connectivity index (χ4n) is 3.14. The number of rotatable bonds is 5. The maximum absolute atomic E-state index is 12.6. The van der Waals surface area contributed by atoms with Crippen molar-refractivity contribution in [1.82, 2.24) is 4.90 Å². The lowest BCUT2D eigenvalue weighted by Gasteiger charge is -2.32. The molecule has 0 aromatic heterocycles. The molecule has 0 N–H and O–H groups in total. The van der Waals surface area contributed by atoms with Gasteiger partial charge in [0.1, 0.15) is 5.75 Å². The molecule has 5 nitrogen and oxygen atoms in total. The van der Waals surface area contributed by atoms with E-state index < -0.39 is 6.10 Å². The Bertz CT molecular complexity index is 610. The van der Waals surface area contributed by atoms with Gasteiger partial charge < -0.3 is 14.4 Å². The van der Waals surface area contributed by atoms with Crippen LogP contribution in [-0.4, -0.2) is 42.6 Å². The van der Waals surface area contributed by atoms with E-state index in [2.05, 4.69) is 20.8 Å². The highest BCUT2D eigenvalue weighted by molar-refractivity contribution is 5.81. The zero-order valence-electron chi connectivity index (χ0n) is 16.6. The average Bonchev–Trinajstić information content (AvgIpc) is 2.61. The van der Waals surface area contributed by atoms with E-state index in [-0.39, 0.29) is 23.2 Å². The summed E-state index contributed by atoms with van der Waals surface area (Å²) >= 11 is 0. The molecule has 1 heterocycles. The minimum Gasteiger partial charge on any atom is -0.481 e. The highest BCUT2D eigenvalue weighted by atomic mass is 16.5. The summed E-state index contributed by atoms with van der Waals surface area (Å²) in [6.45, 7) is 11.6. The third-order valence-corrected chi connectivity index (χ3v) is 4.81. The standard InChI is InChI=1S/C21H31NO4/c1-6-25-20(24)16-11-13-22(14-12-16)19(23)15(2)26-18-9-7-17(8-10-18)21(3,4)5/h7-10,15-16H,6,11-14H2,1-5H3. The first-order valence-corrected chi connectivity index (χ1v) is 9.45. The maximum Gasteiger partial charge on any atom is 0.309 e. The first kappa shape index (κ1) is 20.3. The molecular weight excluding hydrogens is 330 g/mol. The second kappa shape index (κ2) is 8.56. The van der Waals surface area contributed by atoms with Crippen molar-refractivity contribution >= 4 is 11.9 Å². The molecule has 1 aromatic carbocycles. The molecule has 1 amide bonds. The zero-order valence-corrected chi connectivity index (χ0v) is 16.6. The Morgan fingerprint density at radius 1 is 1.15 bits per heavy atom. The van der Waals surface area contributed by atoms with Crippen molar-refractivity contribution in [2.24, 2.45) is 5.92 Å². The monoisotopic (exact) mass is 361 g/mol. The summed E-state index contributed by atoms with van der Waals surface area (Å²) < 4.78 is 10.9. The van der Waals surface area contributed by atoms with Crippen LogP contribution in [0.4, 0.5) is 0 Å². The lowest BCUT2D eigenvalue weighted by Crippen LogP contribution is -2.45. The summed E-state index contributed by atoms with van der Waals surface area (Å²) in [5, 5.41) is 0. The fourth-order valence-corrected chi connectivity index (χ4v) is 3.14. The Hall–Kier alpha value is -2.04. The van der Waals surface area contributed by atoms with Gasteiger partial charge in [0.05, 0.1) is 12.5 Å². The number of esters is 1. The van der Waals surface area contributed by atoms with Crippen molar-refractivity contribution in [3.63, 3.8) is 0 Å². The number of hydrogen-bond acceptors (Lipinski definition) is 4. The quantitative estimate of drug-likeness (QED) is 0.753. The molecule has 1 atom stereocenters. The van der Waals surface area contributed by atoms with E-state index in [1.54, 1.807) is 11.8 Å². The summed E-state index contributed by atoms with van der Waals surface area (Å²) in [6.07, 6.45) is 0.754. The summed E-state index contributed by atoms with van der Waals surface area (Å²) in [4.78, 5) is 26.2. The second-order valence-corrected chi connectivity index (χ2v) is 7.89. The fraction of sp³-hybridized carbons (Fsp3) is 0.619. The van der Waals surface area contributed by atoms with Crippen molar-refractivity contribution in [2.75, 3.05) is 19.7 Å². The number of piperidine rings is 1. The smallest absolute Gasteiger partial charge is 0.309 e. The first-order valence-electron chi connectivity index (χ1n) is 9.45. The first-order chi connectivity index (χ1) is 12.2. The zero-order chi connectivity index (χ0) is 19.3. The van der Waals surface area contributed by atoms with Crippen molar-refractivity contribution < 1.29 is 19.1 Å². The molecule has 1 aliphatic heterocycles. The van der Waals surface area contributed by atoms with Crippen LogP contribution >= 0.6 is 0 Å². The Morgan fingerprint density at radius 3 is 2.23 bits per heavy atom. The topological polar surface area (TPSA) is 55.8 Å². The van der Waals surface area contributed by atoms with Crippen LogP contribution in [0.25, 0.3) is 0 Å². The average molecular weight is 361 g/mol. The van der Waals surface area contributed by atoms with Crippen molar-refractivity contribution in [3.8, 4) is 5.75 Å². The maximum atomic E-state index is 12.6. The summed E-state index contributed by atoms with van der Waals surface area (Å²) in [6, 6.07) is 7.91. The van der Waals surface area contributed by atoms with Gasteiger partial charge in [-0.1, -0.05) is 32.9 Å². The third-order valence-electron chi connectivity index (χ3n) is 4.81. The van der Waals surface area contributed by atoms with Crippen LogP contribution in [0.5, 0.6) is 5.75 Å². The number of likely N-dealkylation sites (tertiary alicyclic amines) is 1. The molecule has 0 saturated carbocycles. The molecule has 144 valence electrons. The van der Waals surface area contributed by atoms with Crippen molar-refractivity contribution in [2.45, 2.75) is 59.0 Å². The van der Waals surface area contributed by atoms with Gasteiger partial charge in [-0.15, -0.1) is 0 Å². The van der Waals surface area contributed by atoms with E-state index in [0.717, 1.165) is 0 Å². The van der Waals surface area contributed by atoms with Gasteiger partial charge in [-0.3, -0.25) is 9.59 Å². The van der Waals surface area contributed by atoms with Gasteiger partial charge in [0, 0.05) is 13.1 Å². The number of carbonyl (C=O) groups is 2. The number of benzene rings is 1. The van der Waals surface area contributed by atoms with Gasteiger partial charge in [0.25, 0.3) is 5.91 Å². The van der Waals surface area contributed by atoms with Gasteiger partial charge in [-0.25, -0.2) is 0 Å². The van der Waals surface area contributed by atoms with Gasteiger partial charge >= 0.3 is 5.97 Å². The second-order valence-electron chi connectivity index (χ2n) is 7.89. The van der Waals surface area contributed by atoms with Crippen LogP contribution in [0.1, 0.15) is 53.0 Å². The largest absolute Gasteiger partial charge is 0.481 e. The van der Waals surface area contributed by atoms with Gasteiger partial charge in [0.15, 0.2) is 6.10 Å². The van der Waals surface area contributed by atoms with Crippen LogP contribution in [0.2, 0.25) is 0 Å². The van der Waals surface area contributed by atoms with E-state index in [4.69, 9.17) is 9.47 Å². The molecule has 1 unspecified atom stereocenters. The Balaban J connectivity index is 1.87. The van der Waals surface area contributed by atoms with Gasteiger partial charge in [-0.05, 0) is 49.8 Å². The van der Waals surface area contributed by atoms with Crippen LogP contribution < -0.4 is 4.74 Å². The van der Waals surface area contributed by atoms with Gasteiger partial charge in [0.2, 0.25) is 0 Å².